The van der Waals surface area contributed by atoms with Gasteiger partial charge in [-0.15, -0.1) is 0 Å². The molecule has 216 valence electrons. The second-order valence-corrected chi connectivity index (χ2v) is 11.9. The molecule has 9 heteroatoms. The first-order valence-corrected chi connectivity index (χ1v) is 15.3. The first-order chi connectivity index (χ1) is 20.8. The molecule has 0 saturated carbocycles. The SMILES string of the molecule is CCOC(=O)C1=C(C)N=c2s/c(=C\c3cc(Cl)ccc3OCc3cccc(Cl)c3)c(=O)n2[C@@H]1c1cccc2ccccc12. The van der Waals surface area contributed by atoms with Gasteiger partial charge in [-0.1, -0.05) is 89.1 Å². The molecular weight excluding hydrogens is 603 g/mol. The number of thiazole rings is 1. The summed E-state index contributed by atoms with van der Waals surface area (Å²) in [5, 5.41) is 3.06. The molecule has 0 saturated heterocycles. The fourth-order valence-electron chi connectivity index (χ4n) is 5.27. The van der Waals surface area contributed by atoms with Crippen LogP contribution in [-0.4, -0.2) is 17.1 Å². The van der Waals surface area contributed by atoms with Gasteiger partial charge in [-0.25, -0.2) is 9.79 Å². The second-order valence-electron chi connectivity index (χ2n) is 9.97. The number of allylic oxidation sites excluding steroid dienone is 1. The Kier molecular flexibility index (Phi) is 8.21. The Labute approximate surface area is 261 Å². The standard InChI is InChI=1S/C34H26Cl2N2O4S/c1-3-41-33(40)30-20(2)37-34-38(31(30)27-13-7-10-22-9-4-5-12-26(22)27)32(39)29(43-34)18-23-17-25(36)14-15-28(23)42-19-21-8-6-11-24(35)16-21/h4-18,31H,3,19H2,1-2H3/b29-18-/t31-/m1/s1. The largest absolute Gasteiger partial charge is 0.488 e. The van der Waals surface area contributed by atoms with Gasteiger partial charge in [0.15, 0.2) is 4.80 Å². The predicted octanol–water partition coefficient (Wildman–Crippen LogP) is 6.84. The molecule has 0 amide bonds. The highest BCUT2D eigenvalue weighted by Crippen LogP contribution is 2.35. The van der Waals surface area contributed by atoms with E-state index in [-0.39, 0.29) is 18.8 Å². The van der Waals surface area contributed by atoms with Crippen LogP contribution in [0.3, 0.4) is 0 Å². The van der Waals surface area contributed by atoms with E-state index in [0.29, 0.717) is 42.0 Å². The molecule has 0 unspecified atom stereocenters. The number of fused-ring (bicyclic) bond motifs is 2. The second kappa shape index (κ2) is 12.2. The summed E-state index contributed by atoms with van der Waals surface area (Å²) in [6, 6.07) is 25.8. The van der Waals surface area contributed by atoms with Gasteiger partial charge in [-0.05, 0) is 72.2 Å². The first kappa shape index (κ1) is 28.9. The zero-order chi connectivity index (χ0) is 30.1. The minimum Gasteiger partial charge on any atom is -0.488 e. The molecule has 0 bridgehead atoms. The molecule has 0 aliphatic carbocycles. The van der Waals surface area contributed by atoms with Crippen molar-refractivity contribution in [2.75, 3.05) is 6.61 Å². The highest BCUT2D eigenvalue weighted by Gasteiger charge is 2.34. The lowest BCUT2D eigenvalue weighted by atomic mass is 9.91. The van der Waals surface area contributed by atoms with E-state index in [1.165, 1.54) is 11.3 Å². The van der Waals surface area contributed by atoms with Crippen molar-refractivity contribution in [1.82, 2.24) is 4.57 Å². The van der Waals surface area contributed by atoms with E-state index in [0.717, 1.165) is 21.9 Å². The van der Waals surface area contributed by atoms with Crippen LogP contribution in [-0.2, 0) is 16.1 Å². The third-order valence-electron chi connectivity index (χ3n) is 7.18. The van der Waals surface area contributed by atoms with Crippen LogP contribution in [0.1, 0.15) is 36.6 Å². The molecule has 5 aromatic rings. The van der Waals surface area contributed by atoms with Crippen molar-refractivity contribution in [3.63, 3.8) is 0 Å². The lowest BCUT2D eigenvalue weighted by Crippen LogP contribution is -2.40. The van der Waals surface area contributed by atoms with Gasteiger partial charge in [0, 0.05) is 15.6 Å². The molecule has 0 fully saturated rings. The topological polar surface area (TPSA) is 69.9 Å². The molecule has 1 atom stereocenters. The van der Waals surface area contributed by atoms with Crippen molar-refractivity contribution in [2.24, 2.45) is 4.99 Å². The third kappa shape index (κ3) is 5.76. The van der Waals surface area contributed by atoms with Crippen LogP contribution >= 0.6 is 34.5 Å². The molecular formula is C34H26Cl2N2O4S. The van der Waals surface area contributed by atoms with Crippen LogP contribution in [0.2, 0.25) is 10.0 Å². The maximum absolute atomic E-state index is 14.2. The number of ether oxygens (including phenoxy) is 2. The number of nitrogens with zero attached hydrogens (tertiary/aromatic N) is 2. The number of halogens is 2. The van der Waals surface area contributed by atoms with Gasteiger partial charge in [0.05, 0.1) is 28.5 Å². The van der Waals surface area contributed by atoms with Gasteiger partial charge in [-0.3, -0.25) is 9.36 Å². The van der Waals surface area contributed by atoms with Crippen molar-refractivity contribution in [2.45, 2.75) is 26.5 Å². The molecule has 1 aliphatic rings. The molecule has 43 heavy (non-hydrogen) atoms. The number of carbonyl (C=O) groups excluding carboxylic acids is 1. The molecule has 4 aromatic carbocycles. The average Bonchev–Trinajstić information content (AvgIpc) is 3.29. The van der Waals surface area contributed by atoms with E-state index in [9.17, 15) is 9.59 Å². The van der Waals surface area contributed by atoms with Crippen LogP contribution in [0.25, 0.3) is 16.8 Å². The van der Waals surface area contributed by atoms with Gasteiger partial charge < -0.3 is 9.47 Å². The van der Waals surface area contributed by atoms with Crippen molar-refractivity contribution in [3.05, 3.63) is 143 Å². The zero-order valence-corrected chi connectivity index (χ0v) is 25.7. The summed E-state index contributed by atoms with van der Waals surface area (Å²) in [7, 11) is 0. The van der Waals surface area contributed by atoms with E-state index in [4.69, 9.17) is 37.7 Å². The number of hydrogen-bond donors (Lipinski definition) is 0. The number of rotatable bonds is 7. The normalized spacial score (nSPS) is 14.9. The van der Waals surface area contributed by atoms with Crippen LogP contribution in [0.15, 0.2) is 106 Å². The van der Waals surface area contributed by atoms with E-state index < -0.39 is 12.0 Å². The van der Waals surface area contributed by atoms with Crippen LogP contribution in [0.4, 0.5) is 0 Å². The molecule has 6 rings (SSSR count). The quantitative estimate of drug-likeness (QED) is 0.185. The summed E-state index contributed by atoms with van der Waals surface area (Å²) in [6.45, 7) is 4.02. The van der Waals surface area contributed by atoms with E-state index >= 15 is 0 Å². The lowest BCUT2D eigenvalue weighted by Gasteiger charge is -2.25. The van der Waals surface area contributed by atoms with Crippen molar-refractivity contribution < 1.29 is 14.3 Å². The Morgan fingerprint density at radius 3 is 2.58 bits per heavy atom. The summed E-state index contributed by atoms with van der Waals surface area (Å²) >= 11 is 13.8. The molecule has 1 aliphatic heterocycles. The van der Waals surface area contributed by atoms with E-state index in [1.807, 2.05) is 60.7 Å². The zero-order valence-electron chi connectivity index (χ0n) is 23.3. The molecule has 0 radical (unpaired) electrons. The van der Waals surface area contributed by atoms with Gasteiger partial charge in [0.2, 0.25) is 0 Å². The van der Waals surface area contributed by atoms with Crippen molar-refractivity contribution in [3.8, 4) is 5.75 Å². The predicted molar refractivity (Wildman–Crippen MR) is 172 cm³/mol. The number of esters is 1. The number of benzene rings is 4. The summed E-state index contributed by atoms with van der Waals surface area (Å²) in [6.07, 6.45) is 1.76. The molecule has 0 N–H and O–H groups in total. The summed E-state index contributed by atoms with van der Waals surface area (Å²) in [5.41, 5.74) is 2.93. The molecule has 2 heterocycles. The summed E-state index contributed by atoms with van der Waals surface area (Å²) < 4.78 is 13.6. The van der Waals surface area contributed by atoms with Crippen molar-refractivity contribution >= 4 is 57.4 Å². The Bertz CT molecular complexity index is 2090. The molecule has 0 spiro atoms. The van der Waals surface area contributed by atoms with Gasteiger partial charge in [0.25, 0.3) is 5.56 Å². The fraction of sp³-hybridized carbons (Fsp3) is 0.147. The minimum atomic E-state index is -0.721. The van der Waals surface area contributed by atoms with Gasteiger partial charge in [0.1, 0.15) is 12.4 Å². The fourth-order valence-corrected chi connectivity index (χ4v) is 6.70. The minimum absolute atomic E-state index is 0.203. The van der Waals surface area contributed by atoms with E-state index in [2.05, 4.69) is 0 Å². The number of carbonyl (C=O) groups is 1. The maximum Gasteiger partial charge on any atom is 0.338 e. The first-order valence-electron chi connectivity index (χ1n) is 13.7. The smallest absolute Gasteiger partial charge is 0.338 e. The highest BCUT2D eigenvalue weighted by molar-refractivity contribution is 7.07. The number of hydrogen-bond acceptors (Lipinski definition) is 6. The Morgan fingerprint density at radius 1 is 1.00 bits per heavy atom. The molecule has 6 nitrogen and oxygen atoms in total. The van der Waals surface area contributed by atoms with Crippen LogP contribution in [0, 0.1) is 0 Å². The van der Waals surface area contributed by atoms with Gasteiger partial charge >= 0.3 is 5.97 Å². The highest BCUT2D eigenvalue weighted by atomic mass is 35.5. The van der Waals surface area contributed by atoms with Crippen molar-refractivity contribution in [1.29, 1.82) is 0 Å². The Hall–Kier alpha value is -4.17. The summed E-state index contributed by atoms with van der Waals surface area (Å²) in [4.78, 5) is 32.7. The maximum atomic E-state index is 14.2. The monoisotopic (exact) mass is 628 g/mol. The van der Waals surface area contributed by atoms with Gasteiger partial charge in [-0.2, -0.15) is 0 Å². The Morgan fingerprint density at radius 2 is 1.77 bits per heavy atom. The molecule has 1 aromatic heterocycles. The summed E-state index contributed by atoms with van der Waals surface area (Å²) in [5.74, 6) is 0.0618. The number of aromatic nitrogens is 1. The van der Waals surface area contributed by atoms with Crippen LogP contribution in [0.5, 0.6) is 5.75 Å². The third-order valence-corrected chi connectivity index (χ3v) is 8.63. The lowest BCUT2D eigenvalue weighted by molar-refractivity contribution is -0.139. The van der Waals surface area contributed by atoms with Crippen LogP contribution < -0.4 is 19.6 Å². The Balaban J connectivity index is 1.51. The average molecular weight is 630 g/mol. The van der Waals surface area contributed by atoms with E-state index in [1.54, 1.807) is 48.8 Å².